The van der Waals surface area contributed by atoms with Crippen molar-refractivity contribution in [2.75, 3.05) is 13.1 Å². The molecule has 100 valence electrons. The van der Waals surface area contributed by atoms with Crippen LogP contribution in [0.15, 0.2) is 12.2 Å². The fourth-order valence-electron chi connectivity index (χ4n) is 2.74. The first-order valence-corrected chi connectivity index (χ1v) is 7.03. The summed E-state index contributed by atoms with van der Waals surface area (Å²) in [7, 11) is 2.02. The molecule has 0 fully saturated rings. The lowest BCUT2D eigenvalue weighted by Gasteiger charge is -2.18. The van der Waals surface area contributed by atoms with E-state index in [4.69, 9.17) is 0 Å². The number of hydrogen-bond acceptors (Lipinski definition) is 2. The van der Waals surface area contributed by atoms with Crippen LogP contribution >= 0.6 is 0 Å². The highest BCUT2D eigenvalue weighted by molar-refractivity contribution is 5.24. The Hall–Kier alpha value is -1.09. The van der Waals surface area contributed by atoms with Crippen molar-refractivity contribution < 1.29 is 0 Å². The van der Waals surface area contributed by atoms with Crippen LogP contribution in [0.25, 0.3) is 0 Å². The van der Waals surface area contributed by atoms with Gasteiger partial charge in [0.05, 0.1) is 5.69 Å². The highest BCUT2D eigenvalue weighted by atomic mass is 15.3. The average Bonchev–Trinajstić information content (AvgIpc) is 2.61. The molecule has 0 aromatic carbocycles. The third-order valence-electron chi connectivity index (χ3n) is 4.02. The first-order valence-electron chi connectivity index (χ1n) is 7.03. The standard InChI is InChI=1S/C15H25N3/c1-12-15(13(2)18(3)17-12)9-10-16-11-14-7-5-4-6-8-14/h4-5,14,16H,6-11H2,1-3H3. The molecule has 2 rings (SSSR count). The predicted molar refractivity (Wildman–Crippen MR) is 75.7 cm³/mol. The van der Waals surface area contributed by atoms with Crippen molar-refractivity contribution in [1.82, 2.24) is 15.1 Å². The zero-order chi connectivity index (χ0) is 13.0. The average molecular weight is 247 g/mol. The zero-order valence-corrected chi connectivity index (χ0v) is 11.9. The molecule has 1 aromatic rings. The van der Waals surface area contributed by atoms with Gasteiger partial charge in [-0.15, -0.1) is 0 Å². The molecule has 0 saturated heterocycles. The van der Waals surface area contributed by atoms with Crippen LogP contribution in [0, 0.1) is 19.8 Å². The summed E-state index contributed by atoms with van der Waals surface area (Å²) >= 11 is 0. The highest BCUT2D eigenvalue weighted by Crippen LogP contribution is 2.17. The summed E-state index contributed by atoms with van der Waals surface area (Å²) in [5.41, 5.74) is 3.89. The Balaban J connectivity index is 1.73. The molecule has 1 aromatic heterocycles. The first kappa shape index (κ1) is 13.3. The number of allylic oxidation sites excluding steroid dienone is 2. The van der Waals surface area contributed by atoms with E-state index in [0.29, 0.717) is 0 Å². The lowest BCUT2D eigenvalue weighted by molar-refractivity contribution is 0.442. The van der Waals surface area contributed by atoms with E-state index in [1.54, 1.807) is 0 Å². The first-order chi connectivity index (χ1) is 8.68. The van der Waals surface area contributed by atoms with Gasteiger partial charge in [-0.1, -0.05) is 12.2 Å². The molecule has 0 aliphatic heterocycles. The van der Waals surface area contributed by atoms with E-state index in [1.807, 2.05) is 11.7 Å². The van der Waals surface area contributed by atoms with Gasteiger partial charge in [0.15, 0.2) is 0 Å². The smallest absolute Gasteiger partial charge is 0.0628 e. The maximum Gasteiger partial charge on any atom is 0.0628 e. The monoisotopic (exact) mass is 247 g/mol. The van der Waals surface area contributed by atoms with E-state index in [9.17, 15) is 0 Å². The number of aromatic nitrogens is 2. The van der Waals surface area contributed by atoms with Crippen LogP contribution in [-0.2, 0) is 13.5 Å². The number of aryl methyl sites for hydroxylation is 2. The molecule has 1 aliphatic carbocycles. The Kier molecular flexibility index (Phi) is 4.59. The van der Waals surface area contributed by atoms with E-state index < -0.39 is 0 Å². The Morgan fingerprint density at radius 2 is 2.22 bits per heavy atom. The number of hydrogen-bond donors (Lipinski definition) is 1. The molecule has 1 aliphatic rings. The quantitative estimate of drug-likeness (QED) is 0.640. The summed E-state index contributed by atoms with van der Waals surface area (Å²) in [4.78, 5) is 0. The number of nitrogens with one attached hydrogen (secondary N) is 1. The Labute approximate surface area is 110 Å². The second-order valence-corrected chi connectivity index (χ2v) is 5.38. The largest absolute Gasteiger partial charge is 0.316 e. The Bertz CT molecular complexity index is 418. The van der Waals surface area contributed by atoms with Gasteiger partial charge in [-0.25, -0.2) is 0 Å². The Morgan fingerprint density at radius 1 is 1.39 bits per heavy atom. The molecule has 1 N–H and O–H groups in total. The third-order valence-corrected chi connectivity index (χ3v) is 4.02. The molecule has 18 heavy (non-hydrogen) atoms. The summed E-state index contributed by atoms with van der Waals surface area (Å²) in [6.45, 7) is 6.48. The second-order valence-electron chi connectivity index (χ2n) is 5.38. The predicted octanol–water partition coefficient (Wildman–Crippen LogP) is 2.53. The topological polar surface area (TPSA) is 29.9 Å². The van der Waals surface area contributed by atoms with Crippen molar-refractivity contribution >= 4 is 0 Å². The van der Waals surface area contributed by atoms with Crippen molar-refractivity contribution in [2.24, 2.45) is 13.0 Å². The third kappa shape index (κ3) is 3.22. The molecule has 0 amide bonds. The van der Waals surface area contributed by atoms with Gasteiger partial charge in [0.2, 0.25) is 0 Å². The van der Waals surface area contributed by atoms with Gasteiger partial charge in [0.25, 0.3) is 0 Å². The van der Waals surface area contributed by atoms with Gasteiger partial charge in [0, 0.05) is 12.7 Å². The highest BCUT2D eigenvalue weighted by Gasteiger charge is 2.11. The van der Waals surface area contributed by atoms with E-state index in [2.05, 4.69) is 36.4 Å². The van der Waals surface area contributed by atoms with Crippen molar-refractivity contribution in [3.8, 4) is 0 Å². The lowest BCUT2D eigenvalue weighted by Crippen LogP contribution is -2.25. The van der Waals surface area contributed by atoms with Crippen LogP contribution in [0.4, 0.5) is 0 Å². The van der Waals surface area contributed by atoms with Crippen LogP contribution in [0.2, 0.25) is 0 Å². The van der Waals surface area contributed by atoms with Crippen LogP contribution in [0.3, 0.4) is 0 Å². The zero-order valence-electron chi connectivity index (χ0n) is 11.9. The van der Waals surface area contributed by atoms with Crippen molar-refractivity contribution in [2.45, 2.75) is 39.5 Å². The summed E-state index contributed by atoms with van der Waals surface area (Å²) in [5.74, 6) is 0.839. The molecule has 0 saturated carbocycles. The summed E-state index contributed by atoms with van der Waals surface area (Å²) in [6.07, 6.45) is 9.57. The minimum atomic E-state index is 0.839. The van der Waals surface area contributed by atoms with E-state index >= 15 is 0 Å². The molecule has 0 spiro atoms. The molecule has 1 atom stereocenters. The van der Waals surface area contributed by atoms with Crippen molar-refractivity contribution in [3.05, 3.63) is 29.1 Å². The SMILES string of the molecule is Cc1nn(C)c(C)c1CCNCC1CC=CCC1. The van der Waals surface area contributed by atoms with Gasteiger partial charge in [-0.2, -0.15) is 5.10 Å². The minimum Gasteiger partial charge on any atom is -0.316 e. The minimum absolute atomic E-state index is 0.839. The van der Waals surface area contributed by atoms with E-state index in [1.165, 1.54) is 36.2 Å². The molecule has 3 nitrogen and oxygen atoms in total. The second kappa shape index (κ2) is 6.19. The normalized spacial score (nSPS) is 19.4. The van der Waals surface area contributed by atoms with Gasteiger partial charge in [-0.05, 0) is 64.1 Å². The molecule has 0 radical (unpaired) electrons. The van der Waals surface area contributed by atoms with Crippen LogP contribution < -0.4 is 5.32 Å². The fourth-order valence-corrected chi connectivity index (χ4v) is 2.74. The maximum absolute atomic E-state index is 4.46. The van der Waals surface area contributed by atoms with E-state index in [0.717, 1.165) is 25.4 Å². The van der Waals surface area contributed by atoms with Crippen LogP contribution in [0.1, 0.15) is 36.2 Å². The van der Waals surface area contributed by atoms with Gasteiger partial charge < -0.3 is 5.32 Å². The number of nitrogens with zero attached hydrogens (tertiary/aromatic N) is 2. The lowest BCUT2D eigenvalue weighted by atomic mass is 9.94. The van der Waals surface area contributed by atoms with Crippen LogP contribution in [0.5, 0.6) is 0 Å². The molecule has 1 unspecified atom stereocenters. The van der Waals surface area contributed by atoms with Crippen molar-refractivity contribution in [1.29, 1.82) is 0 Å². The fraction of sp³-hybridized carbons (Fsp3) is 0.667. The van der Waals surface area contributed by atoms with Crippen molar-refractivity contribution in [3.63, 3.8) is 0 Å². The molecular weight excluding hydrogens is 222 g/mol. The molecule has 1 heterocycles. The molecule has 0 bridgehead atoms. The van der Waals surface area contributed by atoms with Gasteiger partial charge in [-0.3, -0.25) is 4.68 Å². The Morgan fingerprint density at radius 3 is 2.83 bits per heavy atom. The van der Waals surface area contributed by atoms with Crippen LogP contribution in [-0.4, -0.2) is 22.9 Å². The maximum atomic E-state index is 4.46. The summed E-state index contributed by atoms with van der Waals surface area (Å²) in [5, 5.41) is 8.06. The van der Waals surface area contributed by atoms with Gasteiger partial charge >= 0.3 is 0 Å². The summed E-state index contributed by atoms with van der Waals surface area (Å²) in [6, 6.07) is 0. The van der Waals surface area contributed by atoms with E-state index in [-0.39, 0.29) is 0 Å². The van der Waals surface area contributed by atoms with Gasteiger partial charge in [0.1, 0.15) is 0 Å². The summed E-state index contributed by atoms with van der Waals surface area (Å²) < 4.78 is 1.98. The number of rotatable bonds is 5. The molecular formula is C15H25N3. The molecule has 3 heteroatoms.